The van der Waals surface area contributed by atoms with Gasteiger partial charge in [-0.05, 0) is 48.1 Å². The number of anilines is 2. The Morgan fingerprint density at radius 3 is 1.71 bits per heavy atom. The van der Waals surface area contributed by atoms with Crippen molar-refractivity contribution in [2.24, 2.45) is 0 Å². The number of aromatic nitrogens is 2. The van der Waals surface area contributed by atoms with E-state index < -0.39 is 0 Å². The number of hydrogen-bond donors (Lipinski definition) is 0. The minimum Gasteiger partial charge on any atom is -0.355 e. The van der Waals surface area contributed by atoms with Gasteiger partial charge in [-0.2, -0.15) is 0 Å². The molecule has 166 valence electrons. The zero-order valence-electron chi connectivity index (χ0n) is 19.2. The van der Waals surface area contributed by atoms with E-state index in [-0.39, 0.29) is 11.3 Å². The van der Waals surface area contributed by atoms with Gasteiger partial charge in [0.1, 0.15) is 0 Å². The van der Waals surface area contributed by atoms with E-state index in [0.29, 0.717) is 13.1 Å². The number of piperazine rings is 1. The highest BCUT2D eigenvalue weighted by atomic mass is 16.2. The van der Waals surface area contributed by atoms with Crippen molar-refractivity contribution < 1.29 is 4.79 Å². The van der Waals surface area contributed by atoms with Crippen LogP contribution in [0.1, 0.15) is 62.4 Å². The predicted molar refractivity (Wildman–Crippen MR) is 126 cm³/mol. The molecule has 0 bridgehead atoms. The lowest BCUT2D eigenvalue weighted by Gasteiger charge is -2.35. The molecular weight excluding hydrogens is 386 g/mol. The molecule has 0 saturated carbocycles. The van der Waals surface area contributed by atoms with Crippen molar-refractivity contribution in [1.29, 1.82) is 0 Å². The van der Waals surface area contributed by atoms with Crippen LogP contribution in [0.25, 0.3) is 0 Å². The van der Waals surface area contributed by atoms with Gasteiger partial charge in [0, 0.05) is 44.8 Å². The molecule has 0 radical (unpaired) electrons. The molecule has 2 aliphatic rings. The van der Waals surface area contributed by atoms with Crippen molar-refractivity contribution in [3.63, 3.8) is 0 Å². The summed E-state index contributed by atoms with van der Waals surface area (Å²) in [6.45, 7) is 11.7. The molecule has 1 amide bonds. The number of hydrogen-bond acceptors (Lipinski definition) is 5. The van der Waals surface area contributed by atoms with Crippen LogP contribution in [0, 0.1) is 0 Å². The molecule has 0 unspecified atom stereocenters. The lowest BCUT2D eigenvalue weighted by Crippen LogP contribution is -2.49. The third-order valence-electron chi connectivity index (χ3n) is 6.46. The number of carbonyl (C=O) groups is 1. The Kier molecular flexibility index (Phi) is 6.44. The molecule has 0 spiro atoms. The molecule has 0 aliphatic carbocycles. The standard InChI is InChI=1S/C25H35N5O/c1-25(2,3)21-10-8-20(9-11-21)24(31)30-18-16-29(17-19-30)23-13-12-22(26-27-23)28-14-6-4-5-7-15-28/h8-13H,4-7,14-19H2,1-3H3. The zero-order chi connectivity index (χ0) is 21.8. The van der Waals surface area contributed by atoms with Crippen molar-refractivity contribution >= 4 is 17.5 Å². The Morgan fingerprint density at radius 1 is 0.710 bits per heavy atom. The van der Waals surface area contributed by atoms with Gasteiger partial charge < -0.3 is 14.7 Å². The Morgan fingerprint density at radius 2 is 1.23 bits per heavy atom. The number of carbonyl (C=O) groups excluding carboxylic acids is 1. The Bertz CT molecular complexity index is 856. The van der Waals surface area contributed by atoms with Crippen LogP contribution in [-0.2, 0) is 5.41 Å². The van der Waals surface area contributed by atoms with Crippen molar-refractivity contribution in [2.45, 2.75) is 51.9 Å². The predicted octanol–water partition coefficient (Wildman–Crippen LogP) is 4.12. The van der Waals surface area contributed by atoms with Gasteiger partial charge in [-0.3, -0.25) is 4.79 Å². The Hall–Kier alpha value is -2.63. The van der Waals surface area contributed by atoms with Crippen LogP contribution in [-0.4, -0.2) is 60.3 Å². The van der Waals surface area contributed by atoms with Crippen LogP contribution >= 0.6 is 0 Å². The van der Waals surface area contributed by atoms with Crippen molar-refractivity contribution in [3.05, 3.63) is 47.5 Å². The smallest absolute Gasteiger partial charge is 0.253 e. The summed E-state index contributed by atoms with van der Waals surface area (Å²) in [5.41, 5.74) is 2.11. The van der Waals surface area contributed by atoms with Crippen LogP contribution in [0.5, 0.6) is 0 Å². The summed E-state index contributed by atoms with van der Waals surface area (Å²) in [6.07, 6.45) is 5.09. The first-order valence-electron chi connectivity index (χ1n) is 11.7. The SMILES string of the molecule is CC(C)(C)c1ccc(C(=O)N2CCN(c3ccc(N4CCCCCC4)nn3)CC2)cc1. The minimum atomic E-state index is 0.0943. The summed E-state index contributed by atoms with van der Waals surface area (Å²) >= 11 is 0. The first-order valence-corrected chi connectivity index (χ1v) is 11.7. The van der Waals surface area contributed by atoms with Crippen LogP contribution in [0.15, 0.2) is 36.4 Å². The molecule has 1 aromatic carbocycles. The van der Waals surface area contributed by atoms with Crippen LogP contribution in [0.4, 0.5) is 11.6 Å². The van der Waals surface area contributed by atoms with Gasteiger partial charge in [-0.1, -0.05) is 45.7 Å². The van der Waals surface area contributed by atoms with E-state index in [4.69, 9.17) is 0 Å². The second kappa shape index (κ2) is 9.25. The van der Waals surface area contributed by atoms with Gasteiger partial charge in [-0.25, -0.2) is 0 Å². The largest absolute Gasteiger partial charge is 0.355 e. The van der Waals surface area contributed by atoms with E-state index in [1.807, 2.05) is 17.0 Å². The normalized spacial score (nSPS) is 18.1. The maximum absolute atomic E-state index is 12.9. The van der Waals surface area contributed by atoms with Crippen LogP contribution in [0.3, 0.4) is 0 Å². The van der Waals surface area contributed by atoms with Gasteiger partial charge >= 0.3 is 0 Å². The summed E-state index contributed by atoms with van der Waals surface area (Å²) in [7, 11) is 0. The summed E-state index contributed by atoms with van der Waals surface area (Å²) in [6, 6.07) is 12.2. The lowest BCUT2D eigenvalue weighted by atomic mass is 9.86. The fourth-order valence-corrected chi connectivity index (χ4v) is 4.39. The van der Waals surface area contributed by atoms with E-state index in [2.05, 4.69) is 65.0 Å². The second-order valence-corrected chi connectivity index (χ2v) is 9.76. The summed E-state index contributed by atoms with van der Waals surface area (Å²) in [5.74, 6) is 2.00. The molecule has 1 aromatic heterocycles. The van der Waals surface area contributed by atoms with E-state index >= 15 is 0 Å². The average molecular weight is 422 g/mol. The topological polar surface area (TPSA) is 52.6 Å². The summed E-state index contributed by atoms with van der Waals surface area (Å²) < 4.78 is 0. The highest BCUT2D eigenvalue weighted by Gasteiger charge is 2.24. The molecule has 6 heteroatoms. The third kappa shape index (κ3) is 5.17. The molecule has 2 saturated heterocycles. The Labute approximate surface area is 186 Å². The molecule has 0 N–H and O–H groups in total. The average Bonchev–Trinajstić information content (AvgIpc) is 3.08. The highest BCUT2D eigenvalue weighted by Crippen LogP contribution is 2.23. The molecule has 4 rings (SSSR count). The summed E-state index contributed by atoms with van der Waals surface area (Å²) in [4.78, 5) is 19.5. The quantitative estimate of drug-likeness (QED) is 0.746. The molecule has 2 aromatic rings. The molecular formula is C25H35N5O. The van der Waals surface area contributed by atoms with Crippen molar-refractivity contribution in [1.82, 2.24) is 15.1 Å². The van der Waals surface area contributed by atoms with Gasteiger partial charge in [-0.15, -0.1) is 10.2 Å². The number of rotatable bonds is 3. The van der Waals surface area contributed by atoms with Gasteiger partial charge in [0.05, 0.1) is 0 Å². The molecule has 2 fully saturated rings. The van der Waals surface area contributed by atoms with E-state index in [0.717, 1.165) is 43.4 Å². The van der Waals surface area contributed by atoms with Crippen LogP contribution < -0.4 is 9.80 Å². The zero-order valence-corrected chi connectivity index (χ0v) is 19.2. The van der Waals surface area contributed by atoms with E-state index in [1.165, 1.54) is 31.2 Å². The number of amides is 1. The third-order valence-corrected chi connectivity index (χ3v) is 6.46. The van der Waals surface area contributed by atoms with Gasteiger partial charge in [0.15, 0.2) is 11.6 Å². The molecule has 2 aliphatic heterocycles. The minimum absolute atomic E-state index is 0.0943. The maximum Gasteiger partial charge on any atom is 0.253 e. The second-order valence-electron chi connectivity index (χ2n) is 9.76. The summed E-state index contributed by atoms with van der Waals surface area (Å²) in [5, 5.41) is 9.00. The van der Waals surface area contributed by atoms with Crippen LogP contribution in [0.2, 0.25) is 0 Å². The maximum atomic E-state index is 12.9. The van der Waals surface area contributed by atoms with Gasteiger partial charge in [0.2, 0.25) is 0 Å². The Balaban J connectivity index is 1.33. The molecule has 6 nitrogen and oxygen atoms in total. The monoisotopic (exact) mass is 421 g/mol. The number of benzene rings is 1. The van der Waals surface area contributed by atoms with E-state index in [1.54, 1.807) is 0 Å². The van der Waals surface area contributed by atoms with Crippen molar-refractivity contribution in [3.8, 4) is 0 Å². The highest BCUT2D eigenvalue weighted by molar-refractivity contribution is 5.94. The first kappa shape index (κ1) is 21.6. The van der Waals surface area contributed by atoms with Gasteiger partial charge in [0.25, 0.3) is 5.91 Å². The fourth-order valence-electron chi connectivity index (χ4n) is 4.39. The number of nitrogens with zero attached hydrogens (tertiary/aromatic N) is 5. The molecule has 0 atom stereocenters. The van der Waals surface area contributed by atoms with Crippen molar-refractivity contribution in [2.75, 3.05) is 49.1 Å². The fraction of sp³-hybridized carbons (Fsp3) is 0.560. The molecule has 3 heterocycles. The lowest BCUT2D eigenvalue weighted by molar-refractivity contribution is 0.0746. The van der Waals surface area contributed by atoms with E-state index in [9.17, 15) is 4.79 Å². The first-order chi connectivity index (χ1) is 14.9. The molecule has 31 heavy (non-hydrogen) atoms.